The number of methoxy groups -OCH3 is 2. The van der Waals surface area contributed by atoms with Crippen molar-refractivity contribution < 1.29 is 9.47 Å². The van der Waals surface area contributed by atoms with Gasteiger partial charge in [0, 0.05) is 18.7 Å². The van der Waals surface area contributed by atoms with Crippen molar-refractivity contribution in [3.8, 4) is 11.5 Å². The number of pyridine rings is 1. The molecule has 39 heavy (non-hydrogen) atoms. The third-order valence-corrected chi connectivity index (χ3v) is 7.73. The van der Waals surface area contributed by atoms with Crippen LogP contribution in [0.25, 0.3) is 10.9 Å². The number of fused-ring (bicyclic) bond motifs is 1. The van der Waals surface area contributed by atoms with Gasteiger partial charge in [0.2, 0.25) is 0 Å². The second-order valence-electron chi connectivity index (χ2n) is 10.6. The zero-order valence-corrected chi connectivity index (χ0v) is 24.1. The largest absolute Gasteiger partial charge is 0.493 e. The highest BCUT2D eigenvalue weighted by Gasteiger charge is 2.31. The van der Waals surface area contributed by atoms with E-state index in [1.165, 1.54) is 0 Å². The summed E-state index contributed by atoms with van der Waals surface area (Å²) in [6, 6.07) is 14.0. The molecule has 0 aliphatic heterocycles. The minimum Gasteiger partial charge on any atom is -0.493 e. The molecule has 0 unspecified atom stereocenters. The Kier molecular flexibility index (Phi) is 8.70. The van der Waals surface area contributed by atoms with Crippen LogP contribution >= 0.6 is 0 Å². The first-order valence-corrected chi connectivity index (χ1v) is 13.6. The summed E-state index contributed by atoms with van der Waals surface area (Å²) in [4.78, 5) is 18.7. The van der Waals surface area contributed by atoms with Crippen molar-refractivity contribution in [3.05, 3.63) is 75.3 Å². The van der Waals surface area contributed by atoms with Crippen LogP contribution in [-0.2, 0) is 18.5 Å². The molecule has 0 amide bonds. The molecule has 0 aliphatic carbocycles. The molecule has 2 heterocycles. The van der Waals surface area contributed by atoms with E-state index >= 15 is 0 Å². The van der Waals surface area contributed by atoms with Crippen molar-refractivity contribution in [1.29, 1.82) is 0 Å². The molecule has 4 aromatic rings. The zero-order chi connectivity index (χ0) is 28.2. The second-order valence-corrected chi connectivity index (χ2v) is 10.6. The number of hydrogen-bond donors (Lipinski definition) is 1. The Balaban J connectivity index is 1.73. The number of H-pyrrole nitrogens is 1. The molecule has 0 fully saturated rings. The normalized spacial score (nSPS) is 12.7. The van der Waals surface area contributed by atoms with Gasteiger partial charge in [-0.2, -0.15) is 0 Å². The van der Waals surface area contributed by atoms with Crippen LogP contribution in [0.1, 0.15) is 69.1 Å². The maximum absolute atomic E-state index is 13.3. The van der Waals surface area contributed by atoms with Crippen molar-refractivity contribution in [2.45, 2.75) is 72.0 Å². The third kappa shape index (κ3) is 5.98. The molecule has 9 nitrogen and oxygen atoms in total. The summed E-state index contributed by atoms with van der Waals surface area (Å²) >= 11 is 0. The maximum atomic E-state index is 13.3. The Bertz CT molecular complexity index is 1480. The minimum absolute atomic E-state index is 0.0729. The smallest absolute Gasteiger partial charge is 0.252 e. The number of aromatic nitrogens is 5. The lowest BCUT2D eigenvalue weighted by atomic mass is 10.0. The van der Waals surface area contributed by atoms with Crippen molar-refractivity contribution in [2.75, 3.05) is 20.8 Å². The summed E-state index contributed by atoms with van der Waals surface area (Å²) in [7, 11) is 3.28. The van der Waals surface area contributed by atoms with E-state index in [1.54, 1.807) is 14.2 Å². The number of tetrazole rings is 1. The van der Waals surface area contributed by atoms with Crippen LogP contribution in [0, 0.1) is 6.92 Å². The fourth-order valence-corrected chi connectivity index (χ4v) is 5.01. The van der Waals surface area contributed by atoms with E-state index in [4.69, 9.17) is 9.47 Å². The average Bonchev–Trinajstić information content (AvgIpc) is 3.43. The number of ether oxygens (including phenoxy) is 2. The zero-order valence-electron chi connectivity index (χ0n) is 24.1. The van der Waals surface area contributed by atoms with E-state index in [1.807, 2.05) is 48.0 Å². The lowest BCUT2D eigenvalue weighted by Gasteiger charge is -2.33. The van der Waals surface area contributed by atoms with E-state index in [9.17, 15) is 4.79 Å². The molecule has 0 bridgehead atoms. The minimum atomic E-state index is -0.237. The Morgan fingerprint density at radius 2 is 1.85 bits per heavy atom. The highest BCUT2D eigenvalue weighted by molar-refractivity contribution is 5.81. The monoisotopic (exact) mass is 532 g/mol. The van der Waals surface area contributed by atoms with Gasteiger partial charge in [0.1, 0.15) is 0 Å². The van der Waals surface area contributed by atoms with Crippen molar-refractivity contribution in [1.82, 2.24) is 30.1 Å². The molecule has 2 aromatic heterocycles. The Morgan fingerprint density at radius 1 is 1.08 bits per heavy atom. The summed E-state index contributed by atoms with van der Waals surface area (Å²) in [6.07, 6.45) is 2.42. The maximum Gasteiger partial charge on any atom is 0.252 e. The first-order chi connectivity index (χ1) is 18.7. The summed E-state index contributed by atoms with van der Waals surface area (Å²) in [5.74, 6) is 2.21. The topological polar surface area (TPSA) is 98.2 Å². The van der Waals surface area contributed by atoms with Crippen LogP contribution in [-0.4, -0.2) is 50.9 Å². The van der Waals surface area contributed by atoms with Crippen LogP contribution in [0.2, 0.25) is 0 Å². The van der Waals surface area contributed by atoms with Gasteiger partial charge < -0.3 is 14.5 Å². The molecular weight excluding hydrogens is 492 g/mol. The molecule has 9 heteroatoms. The fourth-order valence-electron chi connectivity index (χ4n) is 5.01. The molecule has 0 saturated carbocycles. The van der Waals surface area contributed by atoms with Crippen LogP contribution in [0.15, 0.2) is 47.3 Å². The molecule has 4 rings (SSSR count). The molecule has 0 aliphatic rings. The van der Waals surface area contributed by atoms with Crippen molar-refractivity contribution >= 4 is 10.9 Å². The van der Waals surface area contributed by atoms with Gasteiger partial charge in [-0.25, -0.2) is 4.68 Å². The second kappa shape index (κ2) is 12.0. The van der Waals surface area contributed by atoms with Gasteiger partial charge in [0.05, 0.1) is 31.3 Å². The van der Waals surface area contributed by atoms with Crippen molar-refractivity contribution in [3.63, 3.8) is 0 Å². The SMILES string of the molecule is CC[C@H](c1nnnn1C(C)(C)CC)N(CCc1ccc(OC)c(OC)c1)Cc1cc2cccc(C)c2[nH]c1=O. The molecule has 1 N–H and O–H groups in total. The van der Waals surface area contributed by atoms with E-state index < -0.39 is 0 Å². The van der Waals surface area contributed by atoms with E-state index in [2.05, 4.69) is 59.2 Å². The number of rotatable bonds is 12. The van der Waals surface area contributed by atoms with Gasteiger partial charge in [-0.15, -0.1) is 5.10 Å². The highest BCUT2D eigenvalue weighted by atomic mass is 16.5. The van der Waals surface area contributed by atoms with Crippen LogP contribution in [0.4, 0.5) is 0 Å². The standard InChI is InChI=1S/C30H40N6O3/c1-8-24(28-32-33-34-36(28)30(4,5)9-2)35(16-15-21-13-14-25(38-6)26(17-21)39-7)19-23-18-22-12-10-11-20(3)27(22)31-29(23)37/h10-14,17-18,24H,8-9,15-16,19H2,1-7H3,(H,31,37)/t24-/m1/s1. The number of nitrogens with zero attached hydrogens (tertiary/aromatic N) is 5. The number of para-hydroxylation sites is 1. The molecule has 0 spiro atoms. The average molecular weight is 533 g/mol. The number of aromatic amines is 1. The summed E-state index contributed by atoms with van der Waals surface area (Å²) in [6.45, 7) is 11.7. The summed E-state index contributed by atoms with van der Waals surface area (Å²) in [5, 5.41) is 14.0. The van der Waals surface area contributed by atoms with Gasteiger partial charge in [-0.3, -0.25) is 9.69 Å². The lowest BCUT2D eigenvalue weighted by molar-refractivity contribution is 0.160. The molecular formula is C30H40N6O3. The van der Waals surface area contributed by atoms with E-state index in [-0.39, 0.29) is 17.1 Å². The highest BCUT2D eigenvalue weighted by Crippen LogP contribution is 2.31. The van der Waals surface area contributed by atoms with Crippen LogP contribution < -0.4 is 15.0 Å². The molecule has 0 radical (unpaired) electrons. The fraction of sp³-hybridized carbons (Fsp3) is 0.467. The van der Waals surface area contributed by atoms with Gasteiger partial charge in [0.15, 0.2) is 17.3 Å². The summed E-state index contributed by atoms with van der Waals surface area (Å²) in [5.41, 5.74) is 3.45. The predicted molar refractivity (Wildman–Crippen MR) is 153 cm³/mol. The first kappa shape index (κ1) is 28.3. The van der Waals surface area contributed by atoms with Crippen LogP contribution in [0.5, 0.6) is 11.5 Å². The molecule has 0 saturated heterocycles. The van der Waals surface area contributed by atoms with Gasteiger partial charge in [-0.05, 0) is 85.2 Å². The predicted octanol–water partition coefficient (Wildman–Crippen LogP) is 5.18. The number of nitrogens with one attached hydrogen (secondary N) is 1. The number of benzene rings is 2. The van der Waals surface area contributed by atoms with Gasteiger partial charge in [-0.1, -0.05) is 38.1 Å². The van der Waals surface area contributed by atoms with Crippen molar-refractivity contribution in [2.24, 2.45) is 0 Å². The van der Waals surface area contributed by atoms with Gasteiger partial charge in [0.25, 0.3) is 5.56 Å². The Morgan fingerprint density at radius 3 is 2.54 bits per heavy atom. The molecule has 1 atom stereocenters. The Labute approximate surface area is 230 Å². The lowest BCUT2D eigenvalue weighted by Crippen LogP contribution is -2.37. The van der Waals surface area contributed by atoms with Crippen LogP contribution in [0.3, 0.4) is 0 Å². The molecule has 2 aromatic carbocycles. The number of hydrogen-bond acceptors (Lipinski definition) is 7. The quantitative estimate of drug-likeness (QED) is 0.268. The third-order valence-electron chi connectivity index (χ3n) is 7.73. The van der Waals surface area contributed by atoms with E-state index in [0.29, 0.717) is 30.2 Å². The van der Waals surface area contributed by atoms with E-state index in [0.717, 1.165) is 47.1 Å². The first-order valence-electron chi connectivity index (χ1n) is 13.6. The Hall–Kier alpha value is -3.72. The summed E-state index contributed by atoms with van der Waals surface area (Å²) < 4.78 is 12.9. The number of aryl methyl sites for hydroxylation is 1. The van der Waals surface area contributed by atoms with Gasteiger partial charge >= 0.3 is 0 Å². The molecule has 208 valence electrons.